The van der Waals surface area contributed by atoms with E-state index in [1.54, 1.807) is 25.9 Å². The highest BCUT2D eigenvalue weighted by atomic mass is 32.1. The molecule has 1 heterocycles. The Labute approximate surface area is 98.0 Å². The van der Waals surface area contributed by atoms with Gasteiger partial charge in [0.15, 0.2) is 0 Å². The van der Waals surface area contributed by atoms with E-state index in [0.717, 1.165) is 0 Å². The monoisotopic (exact) mass is 239 g/mol. The normalized spacial score (nSPS) is 9.62. The van der Waals surface area contributed by atoms with Crippen LogP contribution >= 0.6 is 11.3 Å². The average molecular weight is 239 g/mol. The number of nitrogen functional groups attached to an aromatic ring is 1. The fourth-order valence-corrected chi connectivity index (χ4v) is 2.16. The second kappa shape index (κ2) is 4.86. The van der Waals surface area contributed by atoms with E-state index in [0.29, 0.717) is 9.88 Å². The molecule has 0 saturated heterocycles. The van der Waals surface area contributed by atoms with Crippen molar-refractivity contribution >= 4 is 28.0 Å². The number of ether oxygens (including phenoxy) is 1. The quantitative estimate of drug-likeness (QED) is 0.807. The second-order valence-electron chi connectivity index (χ2n) is 3.25. The number of esters is 1. The molecule has 0 fully saturated rings. The Hall–Kier alpha value is -1.74. The van der Waals surface area contributed by atoms with Gasteiger partial charge in [0.25, 0.3) is 0 Å². The number of rotatable bonds is 3. The highest BCUT2D eigenvalue weighted by Gasteiger charge is 2.24. The first kappa shape index (κ1) is 12.3. The van der Waals surface area contributed by atoms with Crippen LogP contribution in [0.5, 0.6) is 0 Å². The molecule has 0 amide bonds. The lowest BCUT2D eigenvalue weighted by Gasteiger charge is -2.11. The first-order valence-corrected chi connectivity index (χ1v) is 5.51. The predicted octanol–water partition coefficient (Wildman–Crippen LogP) is 1.44. The van der Waals surface area contributed by atoms with Crippen LogP contribution in [0.3, 0.4) is 0 Å². The van der Waals surface area contributed by atoms with Gasteiger partial charge in [-0.2, -0.15) is 5.26 Å². The molecule has 0 atom stereocenters. The largest absolute Gasteiger partial charge is 0.462 e. The van der Waals surface area contributed by atoms with Gasteiger partial charge in [-0.3, -0.25) is 0 Å². The maximum atomic E-state index is 11.7. The predicted molar refractivity (Wildman–Crippen MR) is 63.7 cm³/mol. The van der Waals surface area contributed by atoms with Crippen molar-refractivity contribution in [2.75, 3.05) is 31.3 Å². The Morgan fingerprint density at radius 2 is 2.25 bits per heavy atom. The Morgan fingerprint density at radius 3 is 2.69 bits per heavy atom. The molecular weight excluding hydrogens is 226 g/mol. The zero-order valence-corrected chi connectivity index (χ0v) is 10.2. The fraction of sp³-hybridized carbons (Fsp3) is 0.400. The van der Waals surface area contributed by atoms with Crippen molar-refractivity contribution in [1.29, 1.82) is 5.26 Å². The second-order valence-corrected chi connectivity index (χ2v) is 4.25. The molecule has 5 nitrogen and oxygen atoms in total. The van der Waals surface area contributed by atoms with Gasteiger partial charge in [0.1, 0.15) is 21.5 Å². The Bertz CT molecular complexity index is 446. The van der Waals surface area contributed by atoms with Gasteiger partial charge in [0.2, 0.25) is 0 Å². The smallest absolute Gasteiger partial charge is 0.343 e. The van der Waals surface area contributed by atoms with Crippen LogP contribution in [0, 0.1) is 11.3 Å². The number of nitriles is 1. The van der Waals surface area contributed by atoms with Crippen LogP contribution in [0.2, 0.25) is 0 Å². The third-order valence-corrected chi connectivity index (χ3v) is 3.19. The van der Waals surface area contributed by atoms with Crippen LogP contribution in [-0.4, -0.2) is 26.7 Å². The van der Waals surface area contributed by atoms with Gasteiger partial charge in [0, 0.05) is 14.1 Å². The van der Waals surface area contributed by atoms with E-state index in [9.17, 15) is 4.79 Å². The zero-order chi connectivity index (χ0) is 12.3. The molecule has 0 spiro atoms. The molecule has 1 rings (SSSR count). The minimum atomic E-state index is -0.485. The van der Waals surface area contributed by atoms with Gasteiger partial charge in [-0.05, 0) is 6.92 Å². The van der Waals surface area contributed by atoms with Crippen LogP contribution in [0.25, 0.3) is 0 Å². The van der Waals surface area contributed by atoms with Crippen molar-refractivity contribution < 1.29 is 9.53 Å². The molecule has 2 N–H and O–H groups in total. The van der Waals surface area contributed by atoms with Crippen molar-refractivity contribution in [3.63, 3.8) is 0 Å². The summed E-state index contributed by atoms with van der Waals surface area (Å²) >= 11 is 1.19. The van der Waals surface area contributed by atoms with Gasteiger partial charge in [-0.15, -0.1) is 11.3 Å². The first-order chi connectivity index (χ1) is 7.52. The van der Waals surface area contributed by atoms with E-state index >= 15 is 0 Å². The first-order valence-electron chi connectivity index (χ1n) is 4.69. The molecule has 0 bridgehead atoms. The highest BCUT2D eigenvalue weighted by Crippen LogP contribution is 2.37. The van der Waals surface area contributed by atoms with Crippen molar-refractivity contribution in [3.05, 3.63) is 10.4 Å². The zero-order valence-electron chi connectivity index (χ0n) is 9.40. The lowest BCUT2D eigenvalue weighted by molar-refractivity contribution is 0.0529. The SMILES string of the molecule is CCOC(=O)c1c(N(C)C)sc(C#N)c1N. The Balaban J connectivity index is 3.30. The molecule has 86 valence electrons. The van der Waals surface area contributed by atoms with E-state index in [1.807, 2.05) is 6.07 Å². The number of thiophene rings is 1. The summed E-state index contributed by atoms with van der Waals surface area (Å²) in [6.07, 6.45) is 0. The van der Waals surface area contributed by atoms with Gasteiger partial charge in [-0.1, -0.05) is 0 Å². The summed E-state index contributed by atoms with van der Waals surface area (Å²) in [5.74, 6) is -0.485. The summed E-state index contributed by atoms with van der Waals surface area (Å²) in [4.78, 5) is 13.8. The lowest BCUT2D eigenvalue weighted by Crippen LogP contribution is -2.14. The van der Waals surface area contributed by atoms with Crippen LogP contribution in [0.15, 0.2) is 0 Å². The maximum Gasteiger partial charge on any atom is 0.343 e. The number of hydrogen-bond donors (Lipinski definition) is 1. The minimum Gasteiger partial charge on any atom is -0.462 e. The number of nitrogens with two attached hydrogens (primary N) is 1. The van der Waals surface area contributed by atoms with Crippen molar-refractivity contribution in [2.24, 2.45) is 0 Å². The van der Waals surface area contributed by atoms with Gasteiger partial charge < -0.3 is 15.4 Å². The standard InChI is InChI=1S/C10H13N3O2S/c1-4-15-10(14)7-8(12)6(5-11)16-9(7)13(2)3/h4,12H2,1-3H3. The molecule has 0 aromatic carbocycles. The summed E-state index contributed by atoms with van der Waals surface area (Å²) in [5, 5.41) is 9.51. The topological polar surface area (TPSA) is 79.3 Å². The summed E-state index contributed by atoms with van der Waals surface area (Å²) < 4.78 is 4.91. The lowest BCUT2D eigenvalue weighted by atomic mass is 10.2. The number of carbonyl (C=O) groups excluding carboxylic acids is 1. The Kier molecular flexibility index (Phi) is 3.74. The van der Waals surface area contributed by atoms with Gasteiger partial charge in [0.05, 0.1) is 12.3 Å². The molecule has 1 aromatic rings. The van der Waals surface area contributed by atoms with E-state index in [1.165, 1.54) is 11.3 Å². The van der Waals surface area contributed by atoms with Crippen molar-refractivity contribution in [3.8, 4) is 6.07 Å². The summed E-state index contributed by atoms with van der Waals surface area (Å²) in [5.41, 5.74) is 6.23. The molecule has 0 radical (unpaired) electrons. The van der Waals surface area contributed by atoms with E-state index in [4.69, 9.17) is 15.7 Å². The third kappa shape index (κ3) is 2.09. The molecule has 1 aromatic heterocycles. The number of nitrogens with zero attached hydrogens (tertiary/aromatic N) is 2. The summed E-state index contributed by atoms with van der Waals surface area (Å²) in [7, 11) is 3.57. The molecule has 16 heavy (non-hydrogen) atoms. The number of carbonyl (C=O) groups is 1. The molecule has 6 heteroatoms. The summed E-state index contributed by atoms with van der Waals surface area (Å²) in [6, 6.07) is 1.97. The third-order valence-electron chi connectivity index (χ3n) is 1.91. The molecule has 0 saturated carbocycles. The van der Waals surface area contributed by atoms with Crippen LogP contribution in [0.4, 0.5) is 10.7 Å². The van der Waals surface area contributed by atoms with E-state index < -0.39 is 5.97 Å². The highest BCUT2D eigenvalue weighted by molar-refractivity contribution is 7.17. The minimum absolute atomic E-state index is 0.203. The molecule has 0 unspecified atom stereocenters. The molecule has 0 aliphatic rings. The van der Waals surface area contributed by atoms with Crippen LogP contribution in [0.1, 0.15) is 22.2 Å². The number of anilines is 2. The summed E-state index contributed by atoms with van der Waals surface area (Å²) in [6.45, 7) is 2.00. The Morgan fingerprint density at radius 1 is 1.62 bits per heavy atom. The average Bonchev–Trinajstić information content (AvgIpc) is 2.55. The van der Waals surface area contributed by atoms with E-state index in [2.05, 4.69) is 0 Å². The molecular formula is C10H13N3O2S. The van der Waals surface area contributed by atoms with Crippen molar-refractivity contribution in [1.82, 2.24) is 0 Å². The van der Waals surface area contributed by atoms with Gasteiger partial charge >= 0.3 is 5.97 Å². The van der Waals surface area contributed by atoms with Crippen molar-refractivity contribution in [2.45, 2.75) is 6.92 Å². The van der Waals surface area contributed by atoms with Crippen LogP contribution < -0.4 is 10.6 Å². The van der Waals surface area contributed by atoms with Gasteiger partial charge in [-0.25, -0.2) is 4.79 Å². The maximum absolute atomic E-state index is 11.7. The fourth-order valence-electron chi connectivity index (χ4n) is 1.23. The molecule has 0 aliphatic heterocycles. The molecule has 0 aliphatic carbocycles. The van der Waals surface area contributed by atoms with Crippen LogP contribution in [-0.2, 0) is 4.74 Å². The number of hydrogen-bond acceptors (Lipinski definition) is 6. The van der Waals surface area contributed by atoms with E-state index in [-0.39, 0.29) is 17.9 Å².